The number of ether oxygens (including phenoxy) is 1. The number of rotatable bonds is 8. The zero-order valence-electron chi connectivity index (χ0n) is 18.4. The van der Waals surface area contributed by atoms with E-state index < -0.39 is 17.2 Å². The third-order valence-corrected chi connectivity index (χ3v) is 5.88. The van der Waals surface area contributed by atoms with Crippen molar-refractivity contribution in [2.45, 2.75) is 0 Å². The molecule has 0 fully saturated rings. The maximum absolute atomic E-state index is 12.5. The Kier molecular flexibility index (Phi) is 7.42. The Morgan fingerprint density at radius 3 is 2.54 bits per heavy atom. The largest absolute Gasteiger partial charge is 0.755 e. The van der Waals surface area contributed by atoms with Crippen LogP contribution in [0.4, 0.5) is 28.7 Å². The van der Waals surface area contributed by atoms with Gasteiger partial charge >= 0.3 is 0 Å². The molecule has 12 heteroatoms. The van der Waals surface area contributed by atoms with Crippen LogP contribution in [0.1, 0.15) is 0 Å². The number of fused-ring (bicyclic) bond motifs is 1. The zero-order valence-corrected chi connectivity index (χ0v) is 20.0. The number of carbonyl (C=O) groups excluding carboxylic acids is 1. The van der Waals surface area contributed by atoms with E-state index in [2.05, 4.69) is 20.6 Å². The van der Waals surface area contributed by atoms with Crippen molar-refractivity contribution in [3.63, 3.8) is 0 Å². The summed E-state index contributed by atoms with van der Waals surface area (Å²) in [6.07, 6.45) is 0. The number of para-hydroxylation sites is 2. The molecule has 0 saturated heterocycles. The summed E-state index contributed by atoms with van der Waals surface area (Å²) in [7, 11) is 1.52. The van der Waals surface area contributed by atoms with Crippen molar-refractivity contribution >= 4 is 68.5 Å². The van der Waals surface area contributed by atoms with Gasteiger partial charge in [-0.05, 0) is 42.5 Å². The second kappa shape index (κ2) is 10.7. The van der Waals surface area contributed by atoms with E-state index in [0.717, 1.165) is 4.31 Å². The molecule has 10 nitrogen and oxygen atoms in total. The summed E-state index contributed by atoms with van der Waals surface area (Å²) in [6, 6.07) is 18.3. The summed E-state index contributed by atoms with van der Waals surface area (Å²) in [4.78, 5) is 20.9. The molecule has 3 aromatic carbocycles. The fourth-order valence-corrected chi connectivity index (χ4v) is 3.99. The van der Waals surface area contributed by atoms with Crippen molar-refractivity contribution in [1.29, 1.82) is 0 Å². The van der Waals surface area contributed by atoms with Crippen molar-refractivity contribution in [3.05, 3.63) is 71.8 Å². The number of hydrogen-bond donors (Lipinski definition) is 3. The van der Waals surface area contributed by atoms with Gasteiger partial charge in [-0.15, -0.1) is 0 Å². The molecule has 0 spiro atoms. The third kappa shape index (κ3) is 5.49. The average Bonchev–Trinajstić information content (AvgIpc) is 2.85. The maximum atomic E-state index is 12.5. The second-order valence-electron chi connectivity index (χ2n) is 7.17. The van der Waals surface area contributed by atoms with Gasteiger partial charge in [-0.3, -0.25) is 13.3 Å². The van der Waals surface area contributed by atoms with Gasteiger partial charge in [-0.1, -0.05) is 29.8 Å². The summed E-state index contributed by atoms with van der Waals surface area (Å²) in [5.74, 6) is 0.259. The number of carbonyl (C=O) groups is 1. The van der Waals surface area contributed by atoms with E-state index in [0.29, 0.717) is 33.2 Å². The van der Waals surface area contributed by atoms with Crippen LogP contribution < -0.4 is 25.4 Å². The highest BCUT2D eigenvalue weighted by atomic mass is 35.5. The van der Waals surface area contributed by atoms with Crippen molar-refractivity contribution in [2.24, 2.45) is 5.73 Å². The Hall–Kier alpha value is -3.77. The lowest BCUT2D eigenvalue weighted by Gasteiger charge is -2.27. The van der Waals surface area contributed by atoms with Crippen molar-refractivity contribution in [3.8, 4) is 5.75 Å². The van der Waals surface area contributed by atoms with Gasteiger partial charge in [0.25, 0.3) is 0 Å². The Morgan fingerprint density at radius 2 is 1.86 bits per heavy atom. The molecule has 0 radical (unpaired) electrons. The number of methoxy groups -OCH3 is 1. The highest BCUT2D eigenvalue weighted by Crippen LogP contribution is 2.37. The van der Waals surface area contributed by atoms with Crippen molar-refractivity contribution in [1.82, 2.24) is 9.97 Å². The van der Waals surface area contributed by atoms with Gasteiger partial charge in [-0.25, -0.2) is 9.97 Å². The van der Waals surface area contributed by atoms with Crippen LogP contribution in [0.5, 0.6) is 5.75 Å². The number of benzene rings is 3. The molecule has 1 heterocycles. The molecule has 4 aromatic rings. The summed E-state index contributed by atoms with van der Waals surface area (Å²) in [5.41, 5.74) is 7.42. The van der Waals surface area contributed by atoms with E-state index in [1.54, 1.807) is 60.7 Å². The van der Waals surface area contributed by atoms with Crippen LogP contribution in [0.3, 0.4) is 0 Å². The number of amides is 1. The molecule has 0 aliphatic heterocycles. The smallest absolute Gasteiger partial charge is 0.238 e. The Labute approximate surface area is 208 Å². The first kappa shape index (κ1) is 24.4. The lowest BCUT2D eigenvalue weighted by molar-refractivity contribution is -0.114. The second-order valence-corrected chi connectivity index (χ2v) is 8.38. The molecule has 0 saturated carbocycles. The molecule has 0 bridgehead atoms. The quantitative estimate of drug-likeness (QED) is 0.302. The zero-order chi connectivity index (χ0) is 24.9. The molecule has 1 aromatic heterocycles. The van der Waals surface area contributed by atoms with Crippen molar-refractivity contribution < 1.29 is 18.3 Å². The minimum Gasteiger partial charge on any atom is -0.755 e. The first-order chi connectivity index (χ1) is 16.9. The van der Waals surface area contributed by atoms with Crippen LogP contribution in [-0.2, 0) is 16.1 Å². The van der Waals surface area contributed by atoms with Crippen LogP contribution >= 0.6 is 11.6 Å². The number of nitrogens with zero attached hydrogens (tertiary/aromatic N) is 3. The topological polar surface area (TPSA) is 146 Å². The summed E-state index contributed by atoms with van der Waals surface area (Å²) < 4.78 is 31.2. The van der Waals surface area contributed by atoms with E-state index in [-0.39, 0.29) is 23.9 Å². The number of anilines is 5. The lowest BCUT2D eigenvalue weighted by atomic mass is 10.2. The molecule has 4 rings (SSSR count). The number of nitrogens with one attached hydrogen (secondary N) is 2. The fourth-order valence-electron chi connectivity index (χ4n) is 3.27. The lowest BCUT2D eigenvalue weighted by Crippen LogP contribution is -2.24. The molecule has 1 atom stereocenters. The first-order valence-corrected chi connectivity index (χ1v) is 11.7. The van der Waals surface area contributed by atoms with E-state index >= 15 is 0 Å². The van der Waals surface area contributed by atoms with Gasteiger partial charge in [0.1, 0.15) is 5.75 Å². The van der Waals surface area contributed by atoms with E-state index in [1.807, 2.05) is 0 Å². The SMILES string of the molecule is COc1ccc(Cl)c(Nc2nc3ccccc3nc2N(c2cccc(NC(=O)CN)c2)S(=O)[O-])c1. The standard InChI is InChI=1S/C23H21ClN6O4S/c1-34-16-9-10-17(24)20(12-16)28-22-23(29-19-8-3-2-7-18(19)27-22)30(35(32)33)15-6-4-5-14(11-15)26-21(31)13-25/h2-12H,13,25H2,1H3,(H,26,31)(H,27,28)(H,32,33)/p-1. The predicted molar refractivity (Wildman–Crippen MR) is 136 cm³/mol. The number of halogens is 1. The molecule has 4 N–H and O–H groups in total. The van der Waals surface area contributed by atoms with Gasteiger partial charge in [0.15, 0.2) is 11.6 Å². The van der Waals surface area contributed by atoms with Crippen LogP contribution in [0.25, 0.3) is 11.0 Å². The molecule has 35 heavy (non-hydrogen) atoms. The summed E-state index contributed by atoms with van der Waals surface area (Å²) in [6.45, 7) is -0.215. The van der Waals surface area contributed by atoms with Gasteiger partial charge < -0.3 is 25.7 Å². The Balaban J connectivity index is 1.86. The molecule has 1 unspecified atom stereocenters. The van der Waals surface area contributed by atoms with Gasteiger partial charge in [0.2, 0.25) is 5.91 Å². The van der Waals surface area contributed by atoms with Gasteiger partial charge in [0, 0.05) is 11.8 Å². The minimum atomic E-state index is -2.80. The Morgan fingerprint density at radius 1 is 1.11 bits per heavy atom. The normalized spacial score (nSPS) is 11.7. The maximum Gasteiger partial charge on any atom is 0.238 e. The summed E-state index contributed by atoms with van der Waals surface area (Å²) in [5, 5.41) is 6.06. The van der Waals surface area contributed by atoms with Crippen LogP contribution in [0.2, 0.25) is 5.02 Å². The first-order valence-electron chi connectivity index (χ1n) is 10.3. The molecular formula is C23H20ClN6O4S-. The molecular weight excluding hydrogens is 492 g/mol. The summed E-state index contributed by atoms with van der Waals surface area (Å²) >= 11 is 3.56. The van der Waals surface area contributed by atoms with E-state index in [4.69, 9.17) is 22.1 Å². The van der Waals surface area contributed by atoms with E-state index in [9.17, 15) is 13.6 Å². The minimum absolute atomic E-state index is 0.00165. The van der Waals surface area contributed by atoms with Crippen LogP contribution in [0.15, 0.2) is 66.7 Å². The van der Waals surface area contributed by atoms with Gasteiger partial charge in [-0.2, -0.15) is 0 Å². The predicted octanol–water partition coefficient (Wildman–Crippen LogP) is 3.86. The monoisotopic (exact) mass is 511 g/mol. The number of aromatic nitrogens is 2. The highest BCUT2D eigenvalue weighted by Gasteiger charge is 2.21. The van der Waals surface area contributed by atoms with Gasteiger partial charge in [0.05, 0.1) is 52.4 Å². The van der Waals surface area contributed by atoms with Crippen LogP contribution in [0, 0.1) is 0 Å². The molecule has 0 aliphatic carbocycles. The number of hydrogen-bond acceptors (Lipinski definition) is 8. The molecule has 0 aliphatic rings. The molecule has 1 amide bonds. The highest BCUT2D eigenvalue weighted by molar-refractivity contribution is 7.81. The average molecular weight is 512 g/mol. The Bertz CT molecular complexity index is 1420. The fraction of sp³-hybridized carbons (Fsp3) is 0.0870. The third-order valence-electron chi connectivity index (χ3n) is 4.87. The van der Waals surface area contributed by atoms with Crippen LogP contribution in [-0.4, -0.2) is 38.3 Å². The van der Waals surface area contributed by atoms with E-state index in [1.165, 1.54) is 13.2 Å². The van der Waals surface area contributed by atoms with Crippen molar-refractivity contribution in [2.75, 3.05) is 28.6 Å². The molecule has 180 valence electrons. The number of nitrogens with two attached hydrogens (primary N) is 1.